The third-order valence-corrected chi connectivity index (χ3v) is 5.44. The first-order valence-corrected chi connectivity index (χ1v) is 10.5. The summed E-state index contributed by atoms with van der Waals surface area (Å²) in [6, 6.07) is 3.82. The van der Waals surface area contributed by atoms with Gasteiger partial charge in [-0.25, -0.2) is 4.68 Å². The van der Waals surface area contributed by atoms with E-state index in [-0.39, 0.29) is 5.92 Å². The Balaban J connectivity index is 2.17. The molecule has 0 aromatic carbocycles. The molecule has 0 bridgehead atoms. The molecule has 0 aliphatic heterocycles. The fourth-order valence-electron chi connectivity index (χ4n) is 3.06. The van der Waals surface area contributed by atoms with E-state index < -0.39 is 0 Å². The van der Waals surface area contributed by atoms with Gasteiger partial charge in [0.2, 0.25) is 0 Å². The van der Waals surface area contributed by atoms with E-state index in [1.54, 1.807) is 28.8 Å². The minimum Gasteiger partial charge on any atom is -0.300 e. The highest BCUT2D eigenvalue weighted by Crippen LogP contribution is 2.35. The summed E-state index contributed by atoms with van der Waals surface area (Å²) in [5, 5.41) is 4.94. The van der Waals surface area contributed by atoms with Gasteiger partial charge in [-0.15, -0.1) is 0 Å². The maximum absolute atomic E-state index is 12.3. The SMILES string of the molecule is CCCC(CC(=O)CCSC)C(C)c1cn(-c2cccnc2)nc1Cl. The molecule has 0 amide bonds. The van der Waals surface area contributed by atoms with Crippen LogP contribution >= 0.6 is 23.4 Å². The van der Waals surface area contributed by atoms with Crippen molar-refractivity contribution in [2.45, 2.75) is 45.4 Å². The quantitative estimate of drug-likeness (QED) is 0.572. The van der Waals surface area contributed by atoms with Crippen molar-refractivity contribution < 1.29 is 4.79 Å². The fraction of sp³-hybridized carbons (Fsp3) is 0.526. The molecule has 25 heavy (non-hydrogen) atoms. The van der Waals surface area contributed by atoms with Crippen LogP contribution < -0.4 is 0 Å². The molecule has 2 rings (SSSR count). The van der Waals surface area contributed by atoms with E-state index in [4.69, 9.17) is 11.6 Å². The first-order chi connectivity index (χ1) is 12.1. The monoisotopic (exact) mass is 379 g/mol. The molecule has 0 saturated heterocycles. The van der Waals surface area contributed by atoms with Gasteiger partial charge in [-0.3, -0.25) is 9.78 Å². The van der Waals surface area contributed by atoms with E-state index in [9.17, 15) is 4.79 Å². The molecular formula is C19H26ClN3OS. The van der Waals surface area contributed by atoms with Gasteiger partial charge >= 0.3 is 0 Å². The molecule has 0 aliphatic rings. The Labute approximate surface area is 159 Å². The molecule has 0 N–H and O–H groups in total. The predicted octanol–water partition coefficient (Wildman–Crippen LogP) is 5.15. The number of Topliss-reactive ketones (excluding diaryl/α,β-unsaturated/α-hetero) is 1. The van der Waals surface area contributed by atoms with E-state index >= 15 is 0 Å². The van der Waals surface area contributed by atoms with Crippen molar-refractivity contribution >= 4 is 29.1 Å². The Hall–Kier alpha value is -1.33. The average molecular weight is 380 g/mol. The maximum atomic E-state index is 12.3. The lowest BCUT2D eigenvalue weighted by Gasteiger charge is -2.22. The molecule has 2 aromatic heterocycles. The molecule has 0 saturated carbocycles. The van der Waals surface area contributed by atoms with Crippen LogP contribution in [0.25, 0.3) is 5.69 Å². The van der Waals surface area contributed by atoms with Crippen molar-refractivity contribution in [3.63, 3.8) is 0 Å². The molecule has 2 heterocycles. The maximum Gasteiger partial charge on any atom is 0.154 e. The van der Waals surface area contributed by atoms with Crippen LogP contribution in [0.4, 0.5) is 0 Å². The summed E-state index contributed by atoms with van der Waals surface area (Å²) >= 11 is 8.13. The highest BCUT2D eigenvalue weighted by atomic mass is 35.5. The molecule has 0 radical (unpaired) electrons. The smallest absolute Gasteiger partial charge is 0.154 e. The molecule has 0 fully saturated rings. The van der Waals surface area contributed by atoms with Crippen molar-refractivity contribution in [1.82, 2.24) is 14.8 Å². The minimum absolute atomic E-state index is 0.191. The van der Waals surface area contributed by atoms with Crippen LogP contribution in [0.5, 0.6) is 0 Å². The summed E-state index contributed by atoms with van der Waals surface area (Å²) in [6.07, 6.45) is 10.8. The minimum atomic E-state index is 0.191. The Morgan fingerprint density at radius 3 is 2.88 bits per heavy atom. The van der Waals surface area contributed by atoms with Crippen LogP contribution in [0.15, 0.2) is 30.7 Å². The third kappa shape index (κ3) is 5.58. The van der Waals surface area contributed by atoms with Gasteiger partial charge in [-0.2, -0.15) is 16.9 Å². The molecule has 0 aliphatic carbocycles. The van der Waals surface area contributed by atoms with E-state index in [1.165, 1.54) is 0 Å². The molecule has 2 unspecified atom stereocenters. The lowest BCUT2D eigenvalue weighted by molar-refractivity contribution is -0.119. The number of rotatable bonds is 10. The summed E-state index contributed by atoms with van der Waals surface area (Å²) in [5.74, 6) is 1.72. The lowest BCUT2D eigenvalue weighted by Crippen LogP contribution is -2.15. The van der Waals surface area contributed by atoms with Gasteiger partial charge in [0.25, 0.3) is 0 Å². The zero-order chi connectivity index (χ0) is 18.2. The first-order valence-electron chi connectivity index (χ1n) is 8.72. The standard InChI is InChI=1S/C19H26ClN3OS/c1-4-6-15(11-17(24)8-10-25-3)14(2)18-13-23(22-19(18)20)16-7-5-9-21-12-16/h5,7,9,12-15H,4,6,8,10-11H2,1-3H3. The van der Waals surface area contributed by atoms with Gasteiger partial charge in [0, 0.05) is 30.8 Å². The summed E-state index contributed by atoms with van der Waals surface area (Å²) in [4.78, 5) is 16.4. The largest absolute Gasteiger partial charge is 0.300 e. The second-order valence-electron chi connectivity index (χ2n) is 6.35. The molecule has 2 aromatic rings. The topological polar surface area (TPSA) is 47.8 Å². The molecule has 4 nitrogen and oxygen atoms in total. The summed E-state index contributed by atoms with van der Waals surface area (Å²) in [7, 11) is 0. The Kier molecular flexibility index (Phi) is 7.97. The second-order valence-corrected chi connectivity index (χ2v) is 7.70. The Morgan fingerprint density at radius 1 is 1.44 bits per heavy atom. The summed E-state index contributed by atoms with van der Waals surface area (Å²) in [5.41, 5.74) is 1.88. The van der Waals surface area contributed by atoms with Gasteiger partial charge in [-0.05, 0) is 42.4 Å². The number of carbonyl (C=O) groups is 1. The Morgan fingerprint density at radius 2 is 2.24 bits per heavy atom. The number of nitrogens with zero attached hydrogens (tertiary/aromatic N) is 3. The zero-order valence-electron chi connectivity index (χ0n) is 15.1. The fourth-order valence-corrected chi connectivity index (χ4v) is 3.79. The van der Waals surface area contributed by atoms with Crippen LogP contribution in [-0.4, -0.2) is 32.6 Å². The van der Waals surface area contributed by atoms with Gasteiger partial charge in [0.05, 0.1) is 11.9 Å². The van der Waals surface area contributed by atoms with Crippen LogP contribution in [0.3, 0.4) is 0 Å². The molecular weight excluding hydrogens is 354 g/mol. The van der Waals surface area contributed by atoms with Crippen LogP contribution in [-0.2, 0) is 4.79 Å². The number of ketones is 1. The number of hydrogen-bond donors (Lipinski definition) is 0. The van der Waals surface area contributed by atoms with E-state index in [2.05, 4.69) is 23.9 Å². The highest BCUT2D eigenvalue weighted by molar-refractivity contribution is 7.98. The van der Waals surface area contributed by atoms with Gasteiger partial charge < -0.3 is 0 Å². The van der Waals surface area contributed by atoms with Gasteiger partial charge in [-0.1, -0.05) is 31.9 Å². The number of thioether (sulfide) groups is 1. The van der Waals surface area contributed by atoms with Gasteiger partial charge in [0.15, 0.2) is 5.15 Å². The zero-order valence-corrected chi connectivity index (χ0v) is 16.7. The van der Waals surface area contributed by atoms with Crippen LogP contribution in [0.2, 0.25) is 5.15 Å². The number of aromatic nitrogens is 3. The Bertz CT molecular complexity index is 675. The van der Waals surface area contributed by atoms with Crippen LogP contribution in [0, 0.1) is 5.92 Å². The van der Waals surface area contributed by atoms with Gasteiger partial charge in [0.1, 0.15) is 5.78 Å². The van der Waals surface area contributed by atoms with Crippen molar-refractivity contribution in [1.29, 1.82) is 0 Å². The van der Waals surface area contributed by atoms with Crippen LogP contribution in [0.1, 0.15) is 51.0 Å². The highest BCUT2D eigenvalue weighted by Gasteiger charge is 2.25. The lowest BCUT2D eigenvalue weighted by atomic mass is 9.82. The van der Waals surface area contributed by atoms with Crippen molar-refractivity contribution in [2.24, 2.45) is 5.92 Å². The number of carbonyl (C=O) groups excluding carboxylic acids is 1. The third-order valence-electron chi connectivity index (χ3n) is 4.54. The number of hydrogen-bond acceptors (Lipinski definition) is 4. The second kappa shape index (κ2) is 9.97. The number of pyridine rings is 1. The normalized spacial score (nSPS) is 13.6. The van der Waals surface area contributed by atoms with Crippen molar-refractivity contribution in [3.8, 4) is 5.69 Å². The molecule has 2 atom stereocenters. The molecule has 136 valence electrons. The van der Waals surface area contributed by atoms with E-state index in [0.29, 0.717) is 29.7 Å². The predicted molar refractivity (Wildman–Crippen MR) is 106 cm³/mol. The summed E-state index contributed by atoms with van der Waals surface area (Å²) < 4.78 is 1.76. The average Bonchev–Trinajstić information content (AvgIpc) is 3.01. The van der Waals surface area contributed by atoms with Crippen molar-refractivity contribution in [2.75, 3.05) is 12.0 Å². The number of halogens is 1. The van der Waals surface area contributed by atoms with Crippen molar-refractivity contribution in [3.05, 3.63) is 41.4 Å². The summed E-state index contributed by atoms with van der Waals surface area (Å²) in [6.45, 7) is 4.31. The molecule has 0 spiro atoms. The first kappa shape index (κ1) is 20.0. The van der Waals surface area contributed by atoms with E-state index in [0.717, 1.165) is 29.8 Å². The molecule has 6 heteroatoms. The van der Waals surface area contributed by atoms with E-state index in [1.807, 2.05) is 24.6 Å².